The third-order valence-electron chi connectivity index (χ3n) is 5.54. The van der Waals surface area contributed by atoms with E-state index in [1.807, 2.05) is 17.0 Å². The van der Waals surface area contributed by atoms with Crippen LogP contribution in [0.3, 0.4) is 0 Å². The summed E-state index contributed by atoms with van der Waals surface area (Å²) >= 11 is 0. The Bertz CT molecular complexity index is 568. The van der Waals surface area contributed by atoms with E-state index in [2.05, 4.69) is 9.88 Å². The van der Waals surface area contributed by atoms with Gasteiger partial charge in [-0.3, -0.25) is 4.79 Å². The molecule has 2 aliphatic rings. The summed E-state index contributed by atoms with van der Waals surface area (Å²) in [5.41, 5.74) is 0.682. The van der Waals surface area contributed by atoms with Crippen LogP contribution in [0.25, 0.3) is 0 Å². The molecule has 2 aliphatic heterocycles. The molecule has 1 atom stereocenters. The molecule has 26 heavy (non-hydrogen) atoms. The van der Waals surface area contributed by atoms with Crippen molar-refractivity contribution >= 4 is 11.7 Å². The molecule has 1 amide bonds. The number of nitrogens with zero attached hydrogens (tertiary/aromatic N) is 3. The van der Waals surface area contributed by atoms with Gasteiger partial charge in [0.05, 0.1) is 12.2 Å². The highest BCUT2D eigenvalue weighted by atomic mass is 16.5. The van der Waals surface area contributed by atoms with Gasteiger partial charge in [0.1, 0.15) is 5.82 Å². The van der Waals surface area contributed by atoms with Crippen LogP contribution in [0.2, 0.25) is 0 Å². The van der Waals surface area contributed by atoms with Crippen LogP contribution in [0, 0.1) is 11.8 Å². The Balaban J connectivity index is 1.56. The van der Waals surface area contributed by atoms with E-state index in [1.54, 1.807) is 20.4 Å². The molecule has 2 saturated heterocycles. The Morgan fingerprint density at radius 3 is 2.46 bits per heavy atom. The van der Waals surface area contributed by atoms with E-state index in [4.69, 9.17) is 9.47 Å². The number of hydrogen-bond donors (Lipinski definition) is 0. The number of carbonyl (C=O) groups excluding carboxylic acids is 1. The van der Waals surface area contributed by atoms with E-state index < -0.39 is 0 Å². The van der Waals surface area contributed by atoms with Gasteiger partial charge >= 0.3 is 0 Å². The second kappa shape index (κ2) is 9.33. The molecule has 0 spiro atoms. The molecule has 1 aromatic rings. The number of rotatable bonds is 6. The van der Waals surface area contributed by atoms with Crippen LogP contribution in [-0.4, -0.2) is 69.4 Å². The van der Waals surface area contributed by atoms with Crippen molar-refractivity contribution < 1.29 is 14.3 Å². The van der Waals surface area contributed by atoms with Crippen molar-refractivity contribution in [2.24, 2.45) is 11.8 Å². The summed E-state index contributed by atoms with van der Waals surface area (Å²) in [7, 11) is 3.49. The summed E-state index contributed by atoms with van der Waals surface area (Å²) in [6.45, 7) is 5.17. The number of carbonyl (C=O) groups is 1. The third kappa shape index (κ3) is 4.74. The quantitative estimate of drug-likeness (QED) is 0.779. The minimum absolute atomic E-state index is 0.0867. The average Bonchev–Trinajstić information content (AvgIpc) is 2.69. The van der Waals surface area contributed by atoms with Gasteiger partial charge in [0, 0.05) is 53.2 Å². The SMILES string of the molecule is COCC1CCN(c2ccc(C(=O)N3CCC[C@@H](COC)C3)cn2)CC1. The summed E-state index contributed by atoms with van der Waals surface area (Å²) in [4.78, 5) is 21.6. The first-order chi connectivity index (χ1) is 12.7. The van der Waals surface area contributed by atoms with Crippen LogP contribution >= 0.6 is 0 Å². The lowest BCUT2D eigenvalue weighted by atomic mass is 9.97. The normalized spacial score (nSPS) is 21.8. The largest absolute Gasteiger partial charge is 0.384 e. The molecule has 0 N–H and O–H groups in total. The first-order valence-electron chi connectivity index (χ1n) is 9.69. The van der Waals surface area contributed by atoms with Gasteiger partial charge in [0.2, 0.25) is 0 Å². The zero-order valence-corrected chi connectivity index (χ0v) is 16.0. The zero-order valence-electron chi connectivity index (χ0n) is 16.0. The van der Waals surface area contributed by atoms with Crippen molar-refractivity contribution in [3.63, 3.8) is 0 Å². The van der Waals surface area contributed by atoms with Gasteiger partial charge in [-0.15, -0.1) is 0 Å². The Morgan fingerprint density at radius 2 is 1.81 bits per heavy atom. The Labute approximate surface area is 156 Å². The molecule has 3 rings (SSSR count). The molecule has 0 unspecified atom stereocenters. The number of hydrogen-bond acceptors (Lipinski definition) is 5. The van der Waals surface area contributed by atoms with Crippen molar-refractivity contribution in [2.45, 2.75) is 25.7 Å². The van der Waals surface area contributed by atoms with Crippen LogP contribution in [0.5, 0.6) is 0 Å². The number of piperidine rings is 2. The number of aromatic nitrogens is 1. The first-order valence-corrected chi connectivity index (χ1v) is 9.69. The third-order valence-corrected chi connectivity index (χ3v) is 5.54. The van der Waals surface area contributed by atoms with Crippen molar-refractivity contribution in [3.05, 3.63) is 23.9 Å². The van der Waals surface area contributed by atoms with E-state index in [1.165, 1.54) is 0 Å². The second-order valence-electron chi connectivity index (χ2n) is 7.51. The van der Waals surface area contributed by atoms with Crippen molar-refractivity contribution in [1.82, 2.24) is 9.88 Å². The summed E-state index contributed by atoms with van der Waals surface area (Å²) < 4.78 is 10.5. The van der Waals surface area contributed by atoms with Crippen molar-refractivity contribution in [2.75, 3.05) is 58.5 Å². The Morgan fingerprint density at radius 1 is 1.08 bits per heavy atom. The Hall–Kier alpha value is -1.66. The zero-order chi connectivity index (χ0) is 18.4. The van der Waals surface area contributed by atoms with Gasteiger partial charge in [-0.05, 0) is 49.7 Å². The van der Waals surface area contributed by atoms with Gasteiger partial charge < -0.3 is 19.3 Å². The minimum Gasteiger partial charge on any atom is -0.384 e. The van der Waals surface area contributed by atoms with E-state index in [0.717, 1.165) is 70.9 Å². The summed E-state index contributed by atoms with van der Waals surface area (Å²) in [5.74, 6) is 2.14. The first kappa shape index (κ1) is 19.1. The van der Waals surface area contributed by atoms with Crippen molar-refractivity contribution in [3.8, 4) is 0 Å². The lowest BCUT2D eigenvalue weighted by Crippen LogP contribution is -2.41. The number of amides is 1. The average molecular weight is 361 g/mol. The maximum atomic E-state index is 12.8. The topological polar surface area (TPSA) is 54.9 Å². The fourth-order valence-corrected chi connectivity index (χ4v) is 4.07. The molecule has 6 heteroatoms. The predicted molar refractivity (Wildman–Crippen MR) is 102 cm³/mol. The summed E-state index contributed by atoms with van der Waals surface area (Å²) in [6.07, 6.45) is 6.17. The fourth-order valence-electron chi connectivity index (χ4n) is 4.07. The molecule has 0 aromatic carbocycles. The molecule has 0 bridgehead atoms. The lowest BCUT2D eigenvalue weighted by molar-refractivity contribution is 0.0570. The van der Waals surface area contributed by atoms with Crippen LogP contribution in [-0.2, 0) is 9.47 Å². The second-order valence-corrected chi connectivity index (χ2v) is 7.51. The minimum atomic E-state index is 0.0867. The highest BCUT2D eigenvalue weighted by molar-refractivity contribution is 5.94. The number of pyridine rings is 1. The molecule has 3 heterocycles. The Kier molecular flexibility index (Phi) is 6.86. The van der Waals surface area contributed by atoms with Crippen molar-refractivity contribution in [1.29, 1.82) is 0 Å². The van der Waals surface area contributed by atoms with Crippen LogP contribution in [0.1, 0.15) is 36.0 Å². The van der Waals surface area contributed by atoms with Gasteiger partial charge in [0.15, 0.2) is 0 Å². The molecule has 1 aromatic heterocycles. The molecule has 144 valence electrons. The van der Waals surface area contributed by atoms with E-state index in [9.17, 15) is 4.79 Å². The highest BCUT2D eigenvalue weighted by Crippen LogP contribution is 2.23. The number of ether oxygens (including phenoxy) is 2. The van der Waals surface area contributed by atoms with Gasteiger partial charge in [-0.2, -0.15) is 0 Å². The summed E-state index contributed by atoms with van der Waals surface area (Å²) in [5, 5.41) is 0. The number of likely N-dealkylation sites (tertiary alicyclic amines) is 1. The molecule has 0 aliphatic carbocycles. The molecule has 6 nitrogen and oxygen atoms in total. The predicted octanol–water partition coefficient (Wildman–Crippen LogP) is 2.44. The lowest BCUT2D eigenvalue weighted by Gasteiger charge is -2.33. The summed E-state index contributed by atoms with van der Waals surface area (Å²) in [6, 6.07) is 3.91. The number of anilines is 1. The molecule has 2 fully saturated rings. The van der Waals surface area contributed by atoms with E-state index in [-0.39, 0.29) is 5.91 Å². The maximum absolute atomic E-state index is 12.8. The van der Waals surface area contributed by atoms with Crippen LogP contribution in [0.4, 0.5) is 5.82 Å². The van der Waals surface area contributed by atoms with Gasteiger partial charge in [0.25, 0.3) is 5.91 Å². The maximum Gasteiger partial charge on any atom is 0.255 e. The monoisotopic (exact) mass is 361 g/mol. The van der Waals surface area contributed by atoms with E-state index >= 15 is 0 Å². The standard InChI is InChI=1S/C20H31N3O3/c1-25-14-16-7-10-22(11-8-16)19-6-5-18(12-21-19)20(24)23-9-3-4-17(13-23)15-26-2/h5-6,12,16-17H,3-4,7-11,13-15H2,1-2H3/t17-/m1/s1. The van der Waals surface area contributed by atoms with E-state index in [0.29, 0.717) is 17.4 Å². The number of methoxy groups -OCH3 is 2. The fraction of sp³-hybridized carbons (Fsp3) is 0.700. The molecule has 0 saturated carbocycles. The van der Waals surface area contributed by atoms with Gasteiger partial charge in [-0.25, -0.2) is 4.98 Å². The molecule has 0 radical (unpaired) electrons. The smallest absolute Gasteiger partial charge is 0.255 e. The van der Waals surface area contributed by atoms with Crippen LogP contribution < -0.4 is 4.90 Å². The highest BCUT2D eigenvalue weighted by Gasteiger charge is 2.25. The molecular weight excluding hydrogens is 330 g/mol. The van der Waals surface area contributed by atoms with Gasteiger partial charge in [-0.1, -0.05) is 0 Å². The van der Waals surface area contributed by atoms with Crippen LogP contribution in [0.15, 0.2) is 18.3 Å². The molecular formula is C20H31N3O3.